The first kappa shape index (κ1) is 22.9. The van der Waals surface area contributed by atoms with Crippen LogP contribution in [-0.2, 0) is 17.8 Å². The normalized spacial score (nSPS) is 14.6. The third kappa shape index (κ3) is 5.12. The van der Waals surface area contributed by atoms with Crippen LogP contribution in [-0.4, -0.2) is 51.3 Å². The van der Waals surface area contributed by atoms with Crippen LogP contribution >= 0.6 is 23.2 Å². The number of aryl methyl sites for hydroxylation is 1. The Morgan fingerprint density at radius 2 is 1.53 bits per heavy atom. The van der Waals surface area contributed by atoms with Gasteiger partial charge in [0.05, 0.1) is 11.4 Å². The average molecular weight is 493 g/mol. The van der Waals surface area contributed by atoms with E-state index >= 15 is 0 Å². The smallest absolute Gasteiger partial charge is 0.223 e. The number of amides is 1. The molecule has 0 unspecified atom stereocenters. The Labute approximate surface area is 209 Å². The van der Waals surface area contributed by atoms with Crippen LogP contribution < -0.4 is 0 Å². The third-order valence-electron chi connectivity index (χ3n) is 6.37. The number of aromatic nitrogens is 2. The predicted molar refractivity (Wildman–Crippen MR) is 137 cm³/mol. The molecule has 3 heterocycles. The molecular formula is C27H26Cl2N4O. The maximum absolute atomic E-state index is 13.1. The molecule has 1 saturated heterocycles. The lowest BCUT2D eigenvalue weighted by molar-refractivity contribution is -0.133. The average Bonchev–Trinajstić information content (AvgIpc) is 3.23. The highest BCUT2D eigenvalue weighted by atomic mass is 35.5. The number of halogens is 2. The van der Waals surface area contributed by atoms with Crippen molar-refractivity contribution in [2.24, 2.45) is 0 Å². The molecule has 34 heavy (non-hydrogen) atoms. The molecule has 0 saturated carbocycles. The molecule has 1 aliphatic heterocycles. The van der Waals surface area contributed by atoms with Crippen molar-refractivity contribution in [1.82, 2.24) is 19.2 Å². The first-order chi connectivity index (χ1) is 16.6. The molecule has 0 radical (unpaired) electrons. The molecule has 0 atom stereocenters. The summed E-state index contributed by atoms with van der Waals surface area (Å²) in [7, 11) is 0. The molecule has 1 aliphatic rings. The third-order valence-corrected chi connectivity index (χ3v) is 6.87. The van der Waals surface area contributed by atoms with E-state index in [0.29, 0.717) is 17.9 Å². The predicted octanol–water partition coefficient (Wildman–Crippen LogP) is 5.59. The van der Waals surface area contributed by atoms with Crippen molar-refractivity contribution in [3.05, 3.63) is 94.2 Å². The van der Waals surface area contributed by atoms with Gasteiger partial charge in [-0.1, -0.05) is 53.5 Å². The number of nitrogens with zero attached hydrogens (tertiary/aromatic N) is 4. The van der Waals surface area contributed by atoms with Crippen LogP contribution in [0.15, 0.2) is 72.9 Å². The largest absolute Gasteiger partial charge is 0.340 e. The van der Waals surface area contributed by atoms with E-state index in [9.17, 15) is 4.79 Å². The van der Waals surface area contributed by atoms with Gasteiger partial charge in [0.2, 0.25) is 5.91 Å². The number of benzene rings is 2. The summed E-state index contributed by atoms with van der Waals surface area (Å²) in [5.41, 5.74) is 5.08. The van der Waals surface area contributed by atoms with Gasteiger partial charge in [0.25, 0.3) is 0 Å². The van der Waals surface area contributed by atoms with Gasteiger partial charge in [0.15, 0.2) is 0 Å². The van der Waals surface area contributed by atoms with Gasteiger partial charge in [-0.2, -0.15) is 0 Å². The van der Waals surface area contributed by atoms with Gasteiger partial charge < -0.3 is 9.30 Å². The zero-order valence-corrected chi connectivity index (χ0v) is 20.3. The standard InChI is InChI=1S/C27H26Cl2N4O/c28-22-8-4-20(5-9-22)19-31-15-17-32(18-16-31)26(34)13-12-24-27(21-6-10-23(29)11-7-21)30-25-3-1-2-14-33(24)25/h1-11,14H,12-13,15-19H2. The highest BCUT2D eigenvalue weighted by molar-refractivity contribution is 6.30. The molecule has 2 aromatic heterocycles. The Morgan fingerprint density at radius 3 is 2.24 bits per heavy atom. The van der Waals surface area contributed by atoms with Gasteiger partial charge in [-0.3, -0.25) is 9.69 Å². The van der Waals surface area contributed by atoms with Crippen LogP contribution in [0.5, 0.6) is 0 Å². The fraction of sp³-hybridized carbons (Fsp3) is 0.259. The van der Waals surface area contributed by atoms with Crippen molar-refractivity contribution in [3.63, 3.8) is 0 Å². The van der Waals surface area contributed by atoms with Crippen molar-refractivity contribution < 1.29 is 4.79 Å². The lowest BCUT2D eigenvalue weighted by atomic mass is 10.1. The van der Waals surface area contributed by atoms with Crippen LogP contribution in [0.3, 0.4) is 0 Å². The number of hydrogen-bond donors (Lipinski definition) is 0. The Kier molecular flexibility index (Phi) is 6.86. The minimum atomic E-state index is 0.194. The Morgan fingerprint density at radius 1 is 0.853 bits per heavy atom. The minimum Gasteiger partial charge on any atom is -0.340 e. The van der Waals surface area contributed by atoms with Gasteiger partial charge in [-0.15, -0.1) is 0 Å². The first-order valence-corrected chi connectivity index (χ1v) is 12.3. The van der Waals surface area contributed by atoms with Crippen LogP contribution in [0.2, 0.25) is 10.0 Å². The van der Waals surface area contributed by atoms with Crippen molar-refractivity contribution in [1.29, 1.82) is 0 Å². The molecule has 0 bridgehead atoms. The van der Waals surface area contributed by atoms with Crippen molar-refractivity contribution in [2.75, 3.05) is 26.2 Å². The number of imidazole rings is 1. The summed E-state index contributed by atoms with van der Waals surface area (Å²) in [6, 6.07) is 21.7. The molecule has 174 valence electrons. The number of hydrogen-bond acceptors (Lipinski definition) is 3. The molecule has 0 aliphatic carbocycles. The van der Waals surface area contributed by atoms with Crippen LogP contribution in [0, 0.1) is 0 Å². The molecule has 1 fully saturated rings. The second-order valence-electron chi connectivity index (χ2n) is 8.63. The second kappa shape index (κ2) is 10.2. The van der Waals surface area contributed by atoms with Gasteiger partial charge >= 0.3 is 0 Å². The number of carbonyl (C=O) groups excluding carboxylic acids is 1. The fourth-order valence-corrected chi connectivity index (χ4v) is 4.76. The van der Waals surface area contributed by atoms with Gasteiger partial charge in [0.1, 0.15) is 5.65 Å². The summed E-state index contributed by atoms with van der Waals surface area (Å²) in [5, 5.41) is 1.45. The van der Waals surface area contributed by atoms with E-state index in [0.717, 1.165) is 60.3 Å². The van der Waals surface area contributed by atoms with Crippen LogP contribution in [0.4, 0.5) is 0 Å². The zero-order valence-electron chi connectivity index (χ0n) is 18.8. The maximum atomic E-state index is 13.1. The van der Waals surface area contributed by atoms with Crippen LogP contribution in [0.1, 0.15) is 17.7 Å². The molecular weight excluding hydrogens is 467 g/mol. The highest BCUT2D eigenvalue weighted by Crippen LogP contribution is 2.27. The van der Waals surface area contributed by atoms with Crippen molar-refractivity contribution in [3.8, 4) is 11.3 Å². The monoisotopic (exact) mass is 492 g/mol. The number of pyridine rings is 1. The Balaban J connectivity index is 1.23. The van der Waals surface area contributed by atoms with Gasteiger partial charge in [0, 0.05) is 61.0 Å². The van der Waals surface area contributed by atoms with E-state index in [-0.39, 0.29) is 5.91 Å². The first-order valence-electron chi connectivity index (χ1n) is 11.5. The van der Waals surface area contributed by atoms with Crippen molar-refractivity contribution >= 4 is 34.8 Å². The summed E-state index contributed by atoms with van der Waals surface area (Å²) in [4.78, 5) is 22.3. The number of piperazine rings is 1. The topological polar surface area (TPSA) is 40.9 Å². The Bertz CT molecular complexity index is 1280. The van der Waals surface area contributed by atoms with E-state index in [4.69, 9.17) is 28.2 Å². The zero-order chi connectivity index (χ0) is 23.5. The molecule has 5 nitrogen and oxygen atoms in total. The summed E-state index contributed by atoms with van der Waals surface area (Å²) in [5.74, 6) is 0.194. The van der Waals surface area contributed by atoms with E-state index in [1.165, 1.54) is 5.56 Å². The summed E-state index contributed by atoms with van der Waals surface area (Å²) in [6.07, 6.45) is 3.10. The lowest BCUT2D eigenvalue weighted by Crippen LogP contribution is -2.48. The summed E-state index contributed by atoms with van der Waals surface area (Å²) < 4.78 is 2.08. The SMILES string of the molecule is O=C(CCc1c(-c2ccc(Cl)cc2)nc2ccccn12)N1CCN(Cc2ccc(Cl)cc2)CC1. The molecule has 2 aromatic carbocycles. The van der Waals surface area contributed by atoms with E-state index < -0.39 is 0 Å². The molecule has 5 rings (SSSR count). The maximum Gasteiger partial charge on any atom is 0.223 e. The number of rotatable bonds is 6. The fourth-order valence-electron chi connectivity index (χ4n) is 4.51. The van der Waals surface area contributed by atoms with E-state index in [1.54, 1.807) is 0 Å². The van der Waals surface area contributed by atoms with E-state index in [2.05, 4.69) is 21.4 Å². The summed E-state index contributed by atoms with van der Waals surface area (Å²) >= 11 is 12.1. The molecule has 7 heteroatoms. The molecule has 0 spiro atoms. The molecule has 4 aromatic rings. The minimum absolute atomic E-state index is 0.194. The second-order valence-corrected chi connectivity index (χ2v) is 9.50. The highest BCUT2D eigenvalue weighted by Gasteiger charge is 2.22. The Hall–Kier alpha value is -2.86. The summed E-state index contributed by atoms with van der Waals surface area (Å²) in [6.45, 7) is 4.14. The lowest BCUT2D eigenvalue weighted by Gasteiger charge is -2.34. The number of fused-ring (bicyclic) bond motifs is 1. The quantitative estimate of drug-likeness (QED) is 0.352. The van der Waals surface area contributed by atoms with E-state index in [1.807, 2.05) is 65.7 Å². The van der Waals surface area contributed by atoms with Gasteiger partial charge in [-0.05, 0) is 48.4 Å². The number of carbonyl (C=O) groups is 1. The van der Waals surface area contributed by atoms with Crippen LogP contribution in [0.25, 0.3) is 16.9 Å². The molecule has 1 amide bonds. The molecule has 0 N–H and O–H groups in total. The van der Waals surface area contributed by atoms with Crippen molar-refractivity contribution in [2.45, 2.75) is 19.4 Å². The van der Waals surface area contributed by atoms with Gasteiger partial charge in [-0.25, -0.2) is 4.98 Å².